The second kappa shape index (κ2) is 7.11. The van der Waals surface area contributed by atoms with Crippen LogP contribution in [-0.2, 0) is 0 Å². The fraction of sp³-hybridized carbons (Fsp3) is 0. The number of hydrogen-bond acceptors (Lipinski definition) is 2. The van der Waals surface area contributed by atoms with Gasteiger partial charge in [0.2, 0.25) is 0 Å². The number of fused-ring (bicyclic) bond motifs is 8. The highest BCUT2D eigenvalue weighted by atomic mass is 35.5. The quantitative estimate of drug-likeness (QED) is 0.301. The molecular weight excluding hydrogens is 404 g/mol. The van der Waals surface area contributed by atoms with Crippen molar-refractivity contribution in [1.29, 1.82) is 0 Å². The summed E-state index contributed by atoms with van der Waals surface area (Å²) >= 11 is 6.27. The molecule has 31 heavy (non-hydrogen) atoms. The number of aromatic nitrogens is 4. The van der Waals surface area contributed by atoms with Crippen LogP contribution in [0.4, 0.5) is 0 Å². The third-order valence-corrected chi connectivity index (χ3v) is 5.54. The van der Waals surface area contributed by atoms with Crippen LogP contribution in [-0.4, -0.2) is 19.9 Å². The van der Waals surface area contributed by atoms with Crippen molar-refractivity contribution in [1.82, 2.24) is 19.9 Å². The van der Waals surface area contributed by atoms with Gasteiger partial charge in [-0.25, -0.2) is 9.97 Å². The Labute approximate surface area is 183 Å². The molecule has 0 saturated carbocycles. The van der Waals surface area contributed by atoms with E-state index >= 15 is 0 Å². The first kappa shape index (κ1) is 17.9. The molecule has 148 valence electrons. The van der Waals surface area contributed by atoms with Crippen LogP contribution < -0.4 is 0 Å². The molecule has 6 rings (SSSR count). The van der Waals surface area contributed by atoms with Crippen molar-refractivity contribution in [3.8, 4) is 11.1 Å². The average Bonchev–Trinajstić information content (AvgIpc) is 3.53. The van der Waals surface area contributed by atoms with Crippen LogP contribution >= 0.6 is 11.6 Å². The summed E-state index contributed by atoms with van der Waals surface area (Å²) < 4.78 is 0. The summed E-state index contributed by atoms with van der Waals surface area (Å²) in [5.41, 5.74) is 9.69. The van der Waals surface area contributed by atoms with Crippen LogP contribution in [0.25, 0.3) is 57.5 Å². The predicted octanol–water partition coefficient (Wildman–Crippen LogP) is 6.98. The second-order valence-corrected chi connectivity index (χ2v) is 8.03. The highest BCUT2D eigenvalue weighted by Gasteiger charge is 2.07. The van der Waals surface area contributed by atoms with E-state index in [2.05, 4.69) is 51.4 Å². The van der Waals surface area contributed by atoms with E-state index in [-0.39, 0.29) is 0 Å². The van der Waals surface area contributed by atoms with Crippen LogP contribution in [0.15, 0.2) is 66.7 Å². The molecule has 0 aliphatic carbocycles. The molecule has 8 bridgehead atoms. The van der Waals surface area contributed by atoms with Crippen LogP contribution in [0.3, 0.4) is 0 Å². The fourth-order valence-corrected chi connectivity index (χ4v) is 4.10. The second-order valence-electron chi connectivity index (χ2n) is 7.60. The first-order chi connectivity index (χ1) is 15.2. The van der Waals surface area contributed by atoms with Gasteiger partial charge in [-0.2, -0.15) is 0 Å². The van der Waals surface area contributed by atoms with E-state index in [1.807, 2.05) is 54.6 Å². The molecule has 0 fully saturated rings. The lowest BCUT2D eigenvalue weighted by atomic mass is 10.1. The molecule has 5 heteroatoms. The van der Waals surface area contributed by atoms with E-state index in [4.69, 9.17) is 16.6 Å². The van der Waals surface area contributed by atoms with Gasteiger partial charge in [0, 0.05) is 32.7 Å². The molecule has 4 aromatic rings. The van der Waals surface area contributed by atoms with Crippen molar-refractivity contribution >= 4 is 58.0 Å². The molecule has 2 aliphatic rings. The maximum absolute atomic E-state index is 6.27. The van der Waals surface area contributed by atoms with Crippen molar-refractivity contribution in [2.45, 2.75) is 0 Å². The zero-order chi connectivity index (χ0) is 20.8. The number of H-pyrrole nitrogens is 2. The number of rotatable bonds is 1. The number of hydrogen-bond donors (Lipinski definition) is 2. The van der Waals surface area contributed by atoms with Gasteiger partial charge in [0.15, 0.2) is 0 Å². The smallest absolute Gasteiger partial charge is 0.0659 e. The lowest BCUT2D eigenvalue weighted by Gasteiger charge is -1.99. The van der Waals surface area contributed by atoms with Gasteiger partial charge in [-0.05, 0) is 84.5 Å². The van der Waals surface area contributed by atoms with Gasteiger partial charge in [0.25, 0.3) is 0 Å². The molecule has 0 spiro atoms. The first-order valence-electron chi connectivity index (χ1n) is 10.0. The molecule has 2 N–H and O–H groups in total. The summed E-state index contributed by atoms with van der Waals surface area (Å²) in [6, 6.07) is 22.3. The minimum atomic E-state index is 0.711. The Morgan fingerprint density at radius 2 is 1.26 bits per heavy atom. The van der Waals surface area contributed by atoms with Crippen molar-refractivity contribution < 1.29 is 0 Å². The number of benzene rings is 1. The molecule has 0 atom stereocenters. The van der Waals surface area contributed by atoms with Gasteiger partial charge in [0.05, 0.1) is 22.8 Å². The zero-order valence-corrected chi connectivity index (χ0v) is 17.2. The van der Waals surface area contributed by atoms with Crippen molar-refractivity contribution in [2.75, 3.05) is 0 Å². The summed E-state index contributed by atoms with van der Waals surface area (Å²) in [6.07, 6.45) is 8.04. The lowest BCUT2D eigenvalue weighted by Crippen LogP contribution is -1.78. The van der Waals surface area contributed by atoms with Gasteiger partial charge in [0.1, 0.15) is 0 Å². The van der Waals surface area contributed by atoms with Crippen LogP contribution in [0.2, 0.25) is 5.02 Å². The maximum Gasteiger partial charge on any atom is 0.0659 e. The first-order valence-corrected chi connectivity index (χ1v) is 10.4. The van der Waals surface area contributed by atoms with Gasteiger partial charge < -0.3 is 9.97 Å². The van der Waals surface area contributed by atoms with Gasteiger partial charge in [-0.15, -0.1) is 0 Å². The van der Waals surface area contributed by atoms with Gasteiger partial charge >= 0.3 is 0 Å². The molecule has 0 saturated heterocycles. The van der Waals surface area contributed by atoms with Crippen molar-refractivity contribution in [3.63, 3.8) is 0 Å². The summed E-state index contributed by atoms with van der Waals surface area (Å²) in [5, 5.41) is 0.711. The van der Waals surface area contributed by atoms with Crippen LogP contribution in [0.1, 0.15) is 22.8 Å². The van der Waals surface area contributed by atoms with Crippen LogP contribution in [0.5, 0.6) is 0 Å². The highest BCUT2D eigenvalue weighted by Crippen LogP contribution is 2.29. The predicted molar refractivity (Wildman–Crippen MR) is 129 cm³/mol. The molecule has 2 aliphatic heterocycles. The Morgan fingerprint density at radius 3 is 2.00 bits per heavy atom. The Kier molecular flexibility index (Phi) is 4.11. The van der Waals surface area contributed by atoms with E-state index < -0.39 is 0 Å². The largest absolute Gasteiger partial charge is 0.355 e. The topological polar surface area (TPSA) is 57.4 Å². The third kappa shape index (κ3) is 3.58. The maximum atomic E-state index is 6.27. The summed E-state index contributed by atoms with van der Waals surface area (Å²) in [5.74, 6) is 0. The van der Waals surface area contributed by atoms with Crippen molar-refractivity contribution in [2.24, 2.45) is 0 Å². The monoisotopic (exact) mass is 420 g/mol. The van der Waals surface area contributed by atoms with E-state index in [0.29, 0.717) is 5.02 Å². The molecule has 5 heterocycles. The minimum absolute atomic E-state index is 0.711. The average molecular weight is 421 g/mol. The number of nitrogens with zero attached hydrogens (tertiary/aromatic N) is 2. The number of nitrogens with one attached hydrogen (secondary N) is 2. The standard InChI is InChI=1S/C26H17ClN4/c27-17-3-1-2-16(10-17)25-14-24-13-22-7-6-20(29-22)11-18-4-5-19(28-18)12-21-8-9-23(30-21)15-26(25)31-24/h1-15,29,31H. The Hall–Kier alpha value is -3.89. The van der Waals surface area contributed by atoms with E-state index in [9.17, 15) is 0 Å². The van der Waals surface area contributed by atoms with Gasteiger partial charge in [-0.1, -0.05) is 23.7 Å². The Bertz CT molecular complexity index is 1550. The number of halogens is 1. The third-order valence-electron chi connectivity index (χ3n) is 5.30. The summed E-state index contributed by atoms with van der Waals surface area (Å²) in [6.45, 7) is 0. The normalized spacial score (nSPS) is 12.4. The lowest BCUT2D eigenvalue weighted by molar-refractivity contribution is 1.28. The number of aromatic amines is 2. The molecular formula is C26H17ClN4. The van der Waals surface area contributed by atoms with Crippen LogP contribution in [0, 0.1) is 0 Å². The summed E-state index contributed by atoms with van der Waals surface area (Å²) in [4.78, 5) is 16.4. The fourth-order valence-electron chi connectivity index (χ4n) is 3.91. The molecule has 0 unspecified atom stereocenters. The molecule has 0 amide bonds. The van der Waals surface area contributed by atoms with E-state index in [1.54, 1.807) is 0 Å². The van der Waals surface area contributed by atoms with E-state index in [1.165, 1.54) is 0 Å². The van der Waals surface area contributed by atoms with Gasteiger partial charge in [-0.3, -0.25) is 0 Å². The summed E-state index contributed by atoms with van der Waals surface area (Å²) in [7, 11) is 0. The Balaban J connectivity index is 1.68. The highest BCUT2D eigenvalue weighted by molar-refractivity contribution is 6.30. The molecule has 0 radical (unpaired) electrons. The molecule has 1 aromatic carbocycles. The Morgan fingerprint density at radius 1 is 0.581 bits per heavy atom. The molecule has 3 aromatic heterocycles. The SMILES string of the molecule is Clc1cccc(-c2cc3cc4ccc(cc5nc(cc6nc(cc2[nH]3)C=C6)C=C5)[nH]4)c1. The minimum Gasteiger partial charge on any atom is -0.355 e. The molecule has 4 nitrogen and oxygen atoms in total. The van der Waals surface area contributed by atoms with E-state index in [0.717, 1.165) is 56.0 Å². The zero-order valence-electron chi connectivity index (χ0n) is 16.4. The van der Waals surface area contributed by atoms with Crippen molar-refractivity contribution in [3.05, 3.63) is 94.5 Å².